The number of amides is 3. The molecule has 3 N–H and O–H groups in total. The summed E-state index contributed by atoms with van der Waals surface area (Å²) in [6.45, 7) is 13.7. The number of morpholine rings is 1. The van der Waals surface area contributed by atoms with Crippen molar-refractivity contribution < 1.29 is 28.6 Å². The van der Waals surface area contributed by atoms with E-state index in [2.05, 4.69) is 36.7 Å². The van der Waals surface area contributed by atoms with E-state index < -0.39 is 6.03 Å². The monoisotopic (exact) mass is 782 g/mol. The quantitative estimate of drug-likeness (QED) is 0.0800. The number of ether oxygens (including phenoxy) is 3. The molecule has 1 fully saturated rings. The third-order valence-electron chi connectivity index (χ3n) is 9.85. The van der Waals surface area contributed by atoms with Gasteiger partial charge in [0.1, 0.15) is 11.6 Å². The van der Waals surface area contributed by atoms with Gasteiger partial charge in [0.25, 0.3) is 5.91 Å². The summed E-state index contributed by atoms with van der Waals surface area (Å²) >= 11 is 0. The molecule has 12 heteroatoms. The lowest BCUT2D eigenvalue weighted by Gasteiger charge is -2.29. The highest BCUT2D eigenvalue weighted by Crippen LogP contribution is 2.37. The molecular formula is C46H50N6O6. The van der Waals surface area contributed by atoms with Crippen LogP contribution in [0.1, 0.15) is 84.3 Å². The lowest BCUT2D eigenvalue weighted by atomic mass is 9.85. The van der Waals surface area contributed by atoms with Gasteiger partial charge in [-0.3, -0.25) is 14.5 Å². The van der Waals surface area contributed by atoms with E-state index in [1.807, 2.05) is 76.2 Å². The van der Waals surface area contributed by atoms with E-state index in [9.17, 15) is 14.4 Å². The SMILES string of the molecule is C#Cc1cc(Cc2nccc(Oc3ccc(NC(=O)Nc4cc(C(C)(C)C)cc(C(=O)CC)c4OC)c4ccccc34)n2)cc(C(=O)N[C@@H](C)CN2CCOCC2)c1. The number of rotatable bonds is 13. The van der Waals surface area contributed by atoms with Crippen molar-refractivity contribution in [1.29, 1.82) is 0 Å². The second kappa shape index (κ2) is 18.3. The Balaban J connectivity index is 1.18. The van der Waals surface area contributed by atoms with Gasteiger partial charge in [-0.1, -0.05) is 57.9 Å². The van der Waals surface area contributed by atoms with E-state index in [-0.39, 0.29) is 23.1 Å². The summed E-state index contributed by atoms with van der Waals surface area (Å²) in [5, 5.41) is 10.4. The van der Waals surface area contributed by atoms with Gasteiger partial charge >= 0.3 is 6.03 Å². The maximum atomic E-state index is 13.5. The number of carbonyl (C=O) groups is 3. The molecule has 300 valence electrons. The van der Waals surface area contributed by atoms with Crippen LogP contribution in [-0.2, 0) is 16.6 Å². The minimum absolute atomic E-state index is 0.0639. The molecule has 2 heterocycles. The van der Waals surface area contributed by atoms with Gasteiger partial charge in [-0.2, -0.15) is 4.98 Å². The summed E-state index contributed by atoms with van der Waals surface area (Å²) in [7, 11) is 1.48. The highest BCUT2D eigenvalue weighted by Gasteiger charge is 2.24. The van der Waals surface area contributed by atoms with Crippen LogP contribution in [0.4, 0.5) is 16.2 Å². The van der Waals surface area contributed by atoms with Gasteiger partial charge in [0.15, 0.2) is 11.5 Å². The predicted octanol–water partition coefficient (Wildman–Crippen LogP) is 7.99. The van der Waals surface area contributed by atoms with Crippen molar-refractivity contribution in [1.82, 2.24) is 20.2 Å². The standard InChI is InChI=1S/C46H50N6O6/c1-8-30-22-31(24-32(23-30)44(54)48-29(3)28-52-18-20-57-21-19-52)25-41-47-17-16-42(51-41)58-40-15-14-37(34-12-10-11-13-35(34)40)49-45(55)50-38-27-33(46(4,5)6)26-36(39(53)9-2)43(38)56-7/h1,10-17,22-24,26-27,29H,9,18-21,25,28H2,2-7H3,(H,48,54)(H2,49,50,55)/t29-/m0/s1. The fourth-order valence-electron chi connectivity index (χ4n) is 6.87. The van der Waals surface area contributed by atoms with Crippen LogP contribution in [0.15, 0.2) is 79.0 Å². The summed E-state index contributed by atoms with van der Waals surface area (Å²) in [5.74, 6) is 4.01. The second-order valence-corrected chi connectivity index (χ2v) is 15.3. The van der Waals surface area contributed by atoms with E-state index in [1.54, 1.807) is 37.4 Å². The third-order valence-corrected chi connectivity index (χ3v) is 9.85. The molecule has 0 spiro atoms. The van der Waals surface area contributed by atoms with Crippen molar-refractivity contribution in [3.63, 3.8) is 0 Å². The van der Waals surface area contributed by atoms with Crippen LogP contribution >= 0.6 is 0 Å². The molecule has 0 radical (unpaired) electrons. The Morgan fingerprint density at radius 3 is 2.41 bits per heavy atom. The average molecular weight is 783 g/mol. The Kier molecular flexibility index (Phi) is 13.1. The van der Waals surface area contributed by atoms with Crippen LogP contribution in [-0.4, -0.2) is 78.6 Å². The largest absolute Gasteiger partial charge is 0.494 e. The lowest BCUT2D eigenvalue weighted by Crippen LogP contribution is -2.46. The number of urea groups is 1. The van der Waals surface area contributed by atoms with Crippen molar-refractivity contribution in [2.75, 3.05) is 50.6 Å². The zero-order valence-corrected chi connectivity index (χ0v) is 33.9. The first-order chi connectivity index (χ1) is 27.8. The van der Waals surface area contributed by atoms with Gasteiger partial charge in [0, 0.05) is 72.7 Å². The Labute approximate surface area is 339 Å². The predicted molar refractivity (Wildman–Crippen MR) is 226 cm³/mol. The number of Topliss-reactive ketones (excluding diaryl/α,β-unsaturated/α-hetero) is 1. The van der Waals surface area contributed by atoms with Crippen molar-refractivity contribution >= 4 is 39.9 Å². The number of terminal acetylenes is 1. The van der Waals surface area contributed by atoms with E-state index in [1.165, 1.54) is 7.11 Å². The molecule has 4 aromatic carbocycles. The fourth-order valence-corrected chi connectivity index (χ4v) is 6.87. The molecule has 1 aromatic heterocycles. The van der Waals surface area contributed by atoms with E-state index in [0.29, 0.717) is 77.3 Å². The zero-order chi connectivity index (χ0) is 41.4. The summed E-state index contributed by atoms with van der Waals surface area (Å²) in [5.41, 5.74) is 3.80. The van der Waals surface area contributed by atoms with E-state index >= 15 is 0 Å². The van der Waals surface area contributed by atoms with Crippen molar-refractivity contribution in [2.45, 2.75) is 58.9 Å². The summed E-state index contributed by atoms with van der Waals surface area (Å²) in [6.07, 6.45) is 8.02. The number of fused-ring (bicyclic) bond motifs is 1. The maximum Gasteiger partial charge on any atom is 0.323 e. The zero-order valence-electron chi connectivity index (χ0n) is 33.9. The molecular weight excluding hydrogens is 733 g/mol. The van der Waals surface area contributed by atoms with Crippen molar-refractivity contribution in [3.8, 4) is 29.7 Å². The first kappa shape index (κ1) is 41.3. The second-order valence-electron chi connectivity index (χ2n) is 15.3. The molecule has 0 unspecified atom stereocenters. The average Bonchev–Trinajstić information content (AvgIpc) is 3.21. The van der Waals surface area contributed by atoms with Gasteiger partial charge < -0.3 is 30.2 Å². The first-order valence-corrected chi connectivity index (χ1v) is 19.4. The normalized spacial score (nSPS) is 13.6. The number of anilines is 2. The number of carbonyl (C=O) groups excluding carboxylic acids is 3. The van der Waals surface area contributed by atoms with Crippen molar-refractivity contribution in [3.05, 3.63) is 113 Å². The number of ketones is 1. The summed E-state index contributed by atoms with van der Waals surface area (Å²) in [4.78, 5) is 51.2. The summed E-state index contributed by atoms with van der Waals surface area (Å²) in [6, 6.07) is 21.2. The topological polar surface area (TPSA) is 144 Å². The molecule has 58 heavy (non-hydrogen) atoms. The Bertz CT molecular complexity index is 2360. The number of hydrogen-bond donors (Lipinski definition) is 3. The van der Waals surface area contributed by atoms with Gasteiger partial charge in [-0.05, 0) is 65.9 Å². The molecule has 5 aromatic rings. The highest BCUT2D eigenvalue weighted by molar-refractivity contribution is 6.09. The molecule has 1 saturated heterocycles. The van der Waals surface area contributed by atoms with Gasteiger partial charge in [-0.15, -0.1) is 6.42 Å². The van der Waals surface area contributed by atoms with E-state index in [0.717, 1.165) is 41.5 Å². The van der Waals surface area contributed by atoms with Crippen LogP contribution < -0.4 is 25.4 Å². The highest BCUT2D eigenvalue weighted by atomic mass is 16.5. The smallest absolute Gasteiger partial charge is 0.323 e. The molecule has 0 aliphatic carbocycles. The number of nitrogens with zero attached hydrogens (tertiary/aromatic N) is 3. The Morgan fingerprint density at radius 1 is 0.966 bits per heavy atom. The molecule has 6 rings (SSSR count). The Morgan fingerprint density at radius 2 is 1.71 bits per heavy atom. The number of methoxy groups -OCH3 is 1. The molecule has 0 saturated carbocycles. The van der Waals surface area contributed by atoms with E-state index in [4.69, 9.17) is 20.6 Å². The molecule has 3 amide bonds. The molecule has 1 atom stereocenters. The van der Waals surface area contributed by atoms with Gasteiger partial charge in [0.2, 0.25) is 5.88 Å². The van der Waals surface area contributed by atoms with Crippen LogP contribution in [0.2, 0.25) is 0 Å². The van der Waals surface area contributed by atoms with Crippen LogP contribution in [0.5, 0.6) is 17.4 Å². The number of nitrogens with one attached hydrogen (secondary N) is 3. The molecule has 1 aliphatic rings. The maximum absolute atomic E-state index is 13.5. The van der Waals surface area contributed by atoms with Crippen molar-refractivity contribution in [2.24, 2.45) is 0 Å². The first-order valence-electron chi connectivity index (χ1n) is 19.4. The van der Waals surface area contributed by atoms with Crippen LogP contribution in [0, 0.1) is 12.3 Å². The third kappa shape index (κ3) is 10.2. The van der Waals surface area contributed by atoms with Crippen LogP contribution in [0.25, 0.3) is 10.8 Å². The number of hydrogen-bond acceptors (Lipinski definition) is 9. The van der Waals surface area contributed by atoms with Gasteiger partial charge in [-0.25, -0.2) is 9.78 Å². The minimum atomic E-state index is -0.504. The molecule has 0 bridgehead atoms. The minimum Gasteiger partial charge on any atom is -0.494 e. The number of benzene rings is 4. The molecule has 1 aliphatic heterocycles. The Hall–Kier alpha value is -6.29. The summed E-state index contributed by atoms with van der Waals surface area (Å²) < 4.78 is 17.4. The lowest BCUT2D eigenvalue weighted by molar-refractivity contribution is 0.0342. The fraction of sp³-hybridized carbons (Fsp3) is 0.326. The van der Waals surface area contributed by atoms with Gasteiger partial charge in [0.05, 0.1) is 37.3 Å². The van der Waals surface area contributed by atoms with Crippen LogP contribution in [0.3, 0.4) is 0 Å². The number of aromatic nitrogens is 2. The molecule has 12 nitrogen and oxygen atoms in total.